The topological polar surface area (TPSA) is 26.3 Å². The molecule has 0 heterocycles. The molecule has 0 aliphatic heterocycles. The van der Waals surface area contributed by atoms with Crippen molar-refractivity contribution in [2.75, 3.05) is 0 Å². The van der Waals surface area contributed by atoms with E-state index in [9.17, 15) is 18.0 Å². The van der Waals surface area contributed by atoms with E-state index in [4.69, 9.17) is 14.3 Å². The molecule has 80 valence electrons. The largest absolute Gasteiger partial charge is 0.419 e. The minimum absolute atomic E-state index is 0.639. The lowest BCUT2D eigenvalue weighted by Crippen LogP contribution is -2.09. The van der Waals surface area contributed by atoms with E-state index in [0.29, 0.717) is 0 Å². The quantitative estimate of drug-likeness (QED) is 0.343. The third kappa shape index (κ3) is 2.50. The SMILES string of the molecule is [2H]c1c([2H])c(OC(=O)C(=C)Cl)c(F)c(F)c1F. The Kier molecular flexibility index (Phi) is 2.55. The van der Waals surface area contributed by atoms with Crippen molar-refractivity contribution in [1.82, 2.24) is 0 Å². The van der Waals surface area contributed by atoms with Gasteiger partial charge in [-0.15, -0.1) is 0 Å². The smallest absolute Gasteiger partial charge is 0.354 e. The molecule has 0 aliphatic rings. The molecule has 2 nitrogen and oxygen atoms in total. The molecule has 0 fully saturated rings. The number of carbonyl (C=O) groups is 1. The predicted octanol–water partition coefficient (Wildman–Crippen LogP) is 2.76. The number of hydrogen-bond donors (Lipinski definition) is 0. The van der Waals surface area contributed by atoms with Gasteiger partial charge in [-0.3, -0.25) is 0 Å². The van der Waals surface area contributed by atoms with Gasteiger partial charge in [0, 0.05) is 0 Å². The second kappa shape index (κ2) is 4.35. The first-order valence-corrected chi connectivity index (χ1v) is 3.85. The van der Waals surface area contributed by atoms with E-state index in [2.05, 4.69) is 11.3 Å². The standard InChI is InChI=1S/C9H4ClF3O2/c1-4(10)9(14)15-6-3-2-5(11)7(12)8(6)13/h2-3H,1H2/i2D,3D. The molecule has 0 N–H and O–H groups in total. The van der Waals surface area contributed by atoms with E-state index in [0.717, 1.165) is 0 Å². The van der Waals surface area contributed by atoms with Crippen molar-refractivity contribution in [1.29, 1.82) is 0 Å². The van der Waals surface area contributed by atoms with E-state index >= 15 is 0 Å². The lowest BCUT2D eigenvalue weighted by molar-refractivity contribution is -0.129. The van der Waals surface area contributed by atoms with Crippen LogP contribution in [0.15, 0.2) is 23.7 Å². The molecule has 0 aliphatic carbocycles. The summed E-state index contributed by atoms with van der Waals surface area (Å²) in [7, 11) is 0. The first kappa shape index (κ1) is 8.79. The Morgan fingerprint density at radius 2 is 2.00 bits per heavy atom. The number of ether oxygens (including phenoxy) is 1. The zero-order valence-corrected chi connectivity index (χ0v) is 7.79. The minimum Gasteiger partial charge on any atom is -0.419 e. The van der Waals surface area contributed by atoms with E-state index in [1.165, 1.54) is 0 Å². The Bertz CT molecular complexity index is 490. The molecule has 0 atom stereocenters. The summed E-state index contributed by atoms with van der Waals surface area (Å²) in [5, 5.41) is -0.639. The van der Waals surface area contributed by atoms with Gasteiger partial charge in [0.2, 0.25) is 5.82 Å². The number of carbonyl (C=O) groups excluding carboxylic acids is 1. The Labute approximate surface area is 90.7 Å². The molecule has 0 amide bonds. The Morgan fingerprint density at radius 1 is 1.40 bits per heavy atom. The summed E-state index contributed by atoms with van der Waals surface area (Å²) in [6.45, 7) is 2.97. The van der Waals surface area contributed by atoms with E-state index < -0.39 is 46.3 Å². The van der Waals surface area contributed by atoms with Gasteiger partial charge in [0.1, 0.15) is 5.03 Å². The zero-order valence-electron chi connectivity index (χ0n) is 9.04. The fourth-order valence-electron chi connectivity index (χ4n) is 0.636. The molecule has 0 saturated carbocycles. The van der Waals surface area contributed by atoms with Gasteiger partial charge in [0.15, 0.2) is 17.4 Å². The number of esters is 1. The number of benzene rings is 1. The van der Waals surface area contributed by atoms with Gasteiger partial charge in [-0.05, 0) is 12.1 Å². The van der Waals surface area contributed by atoms with Gasteiger partial charge in [-0.1, -0.05) is 18.2 Å². The molecular weight excluding hydrogens is 233 g/mol. The fraction of sp³-hybridized carbons (Fsp3) is 0. The van der Waals surface area contributed by atoms with Crippen molar-refractivity contribution in [2.24, 2.45) is 0 Å². The molecule has 0 saturated heterocycles. The van der Waals surface area contributed by atoms with Crippen molar-refractivity contribution in [3.63, 3.8) is 0 Å². The summed E-state index contributed by atoms with van der Waals surface area (Å²) >= 11 is 5.13. The number of halogens is 4. The van der Waals surface area contributed by atoms with Gasteiger partial charge in [-0.2, -0.15) is 4.39 Å². The highest BCUT2D eigenvalue weighted by molar-refractivity contribution is 6.41. The molecule has 15 heavy (non-hydrogen) atoms. The normalized spacial score (nSPS) is 11.7. The van der Waals surface area contributed by atoms with E-state index in [-0.39, 0.29) is 0 Å². The molecule has 0 spiro atoms. The second-order valence-electron chi connectivity index (χ2n) is 2.32. The van der Waals surface area contributed by atoms with Gasteiger partial charge in [-0.25, -0.2) is 13.6 Å². The summed E-state index contributed by atoms with van der Waals surface area (Å²) in [6.07, 6.45) is 0. The lowest BCUT2D eigenvalue weighted by Gasteiger charge is -2.04. The maximum atomic E-state index is 13.2. The monoisotopic (exact) mass is 238 g/mol. The predicted molar refractivity (Wildman–Crippen MR) is 46.9 cm³/mol. The van der Waals surface area contributed by atoms with Crippen LogP contribution in [0.3, 0.4) is 0 Å². The highest BCUT2D eigenvalue weighted by atomic mass is 35.5. The van der Waals surface area contributed by atoms with Crippen LogP contribution in [0.25, 0.3) is 0 Å². The number of rotatable bonds is 2. The molecular formula is C9H4ClF3O2. The fourth-order valence-corrected chi connectivity index (χ4v) is 0.674. The van der Waals surface area contributed by atoms with Crippen LogP contribution in [-0.2, 0) is 4.79 Å². The average Bonchev–Trinajstić information content (AvgIpc) is 2.29. The Hall–Kier alpha value is -1.49. The summed E-state index contributed by atoms with van der Waals surface area (Å²) in [4.78, 5) is 10.9. The lowest BCUT2D eigenvalue weighted by atomic mass is 10.3. The van der Waals surface area contributed by atoms with Gasteiger partial charge in [0.05, 0.1) is 2.74 Å². The molecule has 1 aromatic carbocycles. The summed E-state index contributed by atoms with van der Waals surface area (Å²) < 4.78 is 57.1. The first-order chi connectivity index (χ1) is 7.77. The maximum Gasteiger partial charge on any atom is 0.354 e. The molecule has 1 rings (SSSR count). The third-order valence-corrected chi connectivity index (χ3v) is 1.44. The van der Waals surface area contributed by atoms with Gasteiger partial charge >= 0.3 is 5.97 Å². The maximum absolute atomic E-state index is 13.2. The average molecular weight is 239 g/mol. The highest BCUT2D eigenvalue weighted by Crippen LogP contribution is 2.22. The minimum atomic E-state index is -2.01. The summed E-state index contributed by atoms with van der Waals surface area (Å²) in [5.74, 6) is -8.26. The van der Waals surface area contributed by atoms with Crippen molar-refractivity contribution in [3.05, 3.63) is 41.1 Å². The van der Waals surface area contributed by atoms with Crippen LogP contribution >= 0.6 is 11.6 Å². The molecule has 0 unspecified atom stereocenters. The molecule has 0 bridgehead atoms. The molecule has 6 heteroatoms. The van der Waals surface area contributed by atoms with Crippen LogP contribution in [0.5, 0.6) is 5.75 Å². The Morgan fingerprint density at radius 3 is 2.53 bits per heavy atom. The van der Waals surface area contributed by atoms with Crippen LogP contribution in [0.1, 0.15) is 2.74 Å². The van der Waals surface area contributed by atoms with Crippen LogP contribution in [0.2, 0.25) is 0 Å². The van der Waals surface area contributed by atoms with Crippen molar-refractivity contribution in [3.8, 4) is 5.75 Å². The van der Waals surface area contributed by atoms with Gasteiger partial charge < -0.3 is 4.74 Å². The zero-order chi connectivity index (χ0) is 13.3. The van der Waals surface area contributed by atoms with Crippen LogP contribution < -0.4 is 4.74 Å². The second-order valence-corrected chi connectivity index (χ2v) is 2.77. The molecule has 1 aromatic rings. The third-order valence-electron chi connectivity index (χ3n) is 1.29. The van der Waals surface area contributed by atoms with Crippen molar-refractivity contribution >= 4 is 17.6 Å². The summed E-state index contributed by atoms with van der Waals surface area (Å²) in [5.41, 5.74) is 0. The van der Waals surface area contributed by atoms with Crippen molar-refractivity contribution < 1.29 is 25.4 Å². The van der Waals surface area contributed by atoms with Crippen molar-refractivity contribution in [2.45, 2.75) is 0 Å². The Balaban J connectivity index is 3.35. The van der Waals surface area contributed by atoms with E-state index in [1.54, 1.807) is 0 Å². The van der Waals surface area contributed by atoms with Crippen LogP contribution in [-0.4, -0.2) is 5.97 Å². The highest BCUT2D eigenvalue weighted by Gasteiger charge is 2.17. The van der Waals surface area contributed by atoms with Gasteiger partial charge in [0.25, 0.3) is 0 Å². The molecule has 0 aromatic heterocycles. The van der Waals surface area contributed by atoms with Crippen LogP contribution in [0.4, 0.5) is 13.2 Å². The first-order valence-electron chi connectivity index (χ1n) is 4.47. The molecule has 0 radical (unpaired) electrons. The number of hydrogen-bond acceptors (Lipinski definition) is 2. The summed E-state index contributed by atoms with van der Waals surface area (Å²) in [6, 6.07) is -2.33. The van der Waals surface area contributed by atoms with E-state index in [1.807, 2.05) is 0 Å². The van der Waals surface area contributed by atoms with Crippen LogP contribution in [0, 0.1) is 17.5 Å².